The van der Waals surface area contributed by atoms with E-state index in [0.29, 0.717) is 9.21 Å². The first-order valence-electron chi connectivity index (χ1n) is 4.36. The minimum atomic E-state index is -0.710. The molecular formula is C10H10BrFNO3+. The second-order valence-corrected chi connectivity index (χ2v) is 3.82. The van der Waals surface area contributed by atoms with Crippen molar-refractivity contribution >= 4 is 28.1 Å². The van der Waals surface area contributed by atoms with E-state index in [4.69, 9.17) is 0 Å². The van der Waals surface area contributed by atoms with Gasteiger partial charge in [-0.15, -0.1) is 0 Å². The lowest BCUT2D eigenvalue weighted by Crippen LogP contribution is -2.16. The monoisotopic (exact) mass is 290 g/mol. The smallest absolute Gasteiger partial charge is 0.399 e. The maximum Gasteiger partial charge on any atom is 0.399 e. The van der Waals surface area contributed by atoms with Crippen molar-refractivity contribution in [2.75, 3.05) is 7.11 Å². The van der Waals surface area contributed by atoms with Gasteiger partial charge < -0.3 is 4.74 Å². The van der Waals surface area contributed by atoms with E-state index in [1.165, 1.54) is 13.2 Å². The Kier molecular flexibility index (Phi) is 4.42. The molecule has 0 bridgehead atoms. The predicted molar refractivity (Wildman–Crippen MR) is 57.9 cm³/mol. The Morgan fingerprint density at radius 2 is 2.38 bits per heavy atom. The van der Waals surface area contributed by atoms with Crippen molar-refractivity contribution < 1.29 is 23.9 Å². The molecule has 0 aliphatic heterocycles. The largest absolute Gasteiger partial charge is 0.461 e. The number of carbonyl (C=O) groups is 1. The minimum Gasteiger partial charge on any atom is -0.461 e. The normalized spacial score (nSPS) is 11.3. The van der Waals surface area contributed by atoms with Gasteiger partial charge in [-0.05, 0) is 32.8 Å². The zero-order valence-corrected chi connectivity index (χ0v) is 10.1. The van der Waals surface area contributed by atoms with E-state index in [1.807, 2.05) is 0 Å². The van der Waals surface area contributed by atoms with Crippen LogP contribution in [0.1, 0.15) is 5.56 Å². The predicted octanol–water partition coefficient (Wildman–Crippen LogP) is 1.73. The first-order valence-corrected chi connectivity index (χ1v) is 5.15. The molecule has 0 atom stereocenters. The molecule has 0 radical (unpaired) electrons. The molecule has 0 heterocycles. The summed E-state index contributed by atoms with van der Waals surface area (Å²) >= 11 is 3.02. The van der Waals surface area contributed by atoms with Crippen LogP contribution in [0.2, 0.25) is 0 Å². The van der Waals surface area contributed by atoms with Crippen molar-refractivity contribution in [3.8, 4) is 0 Å². The van der Waals surface area contributed by atoms with Crippen LogP contribution in [-0.2, 0) is 16.1 Å². The molecule has 0 amide bonds. The lowest BCUT2D eigenvalue weighted by Gasteiger charge is -1.99. The average Bonchev–Trinajstić information content (AvgIpc) is 2.24. The quantitative estimate of drug-likeness (QED) is 0.303. The van der Waals surface area contributed by atoms with E-state index in [9.17, 15) is 14.4 Å². The molecule has 86 valence electrons. The highest BCUT2D eigenvalue weighted by atomic mass is 79.9. The maximum atomic E-state index is 13.5. The number of hydroxylamine groups is 1. The number of esters is 1. The SMILES string of the molecule is COC(=O)/C=[N+](\O)Cc1cccc(Br)c1F. The van der Waals surface area contributed by atoms with Crippen LogP contribution in [-0.4, -0.2) is 29.2 Å². The van der Waals surface area contributed by atoms with Gasteiger partial charge >= 0.3 is 5.97 Å². The highest BCUT2D eigenvalue weighted by Gasteiger charge is 2.13. The van der Waals surface area contributed by atoms with Crippen molar-refractivity contribution in [3.05, 3.63) is 34.1 Å². The highest BCUT2D eigenvalue weighted by Crippen LogP contribution is 2.18. The number of ether oxygens (including phenoxy) is 1. The summed E-state index contributed by atoms with van der Waals surface area (Å²) in [6.07, 6.45) is 0.834. The van der Waals surface area contributed by atoms with Crippen molar-refractivity contribution in [3.63, 3.8) is 0 Å². The Balaban J connectivity index is 2.85. The number of methoxy groups -OCH3 is 1. The lowest BCUT2D eigenvalue weighted by molar-refractivity contribution is -0.783. The molecule has 1 rings (SSSR count). The van der Waals surface area contributed by atoms with E-state index in [0.717, 1.165) is 6.21 Å². The van der Waals surface area contributed by atoms with Crippen LogP contribution in [0.4, 0.5) is 4.39 Å². The Morgan fingerprint density at radius 1 is 1.69 bits per heavy atom. The number of rotatable bonds is 3. The molecule has 0 spiro atoms. The fourth-order valence-electron chi connectivity index (χ4n) is 1.07. The van der Waals surface area contributed by atoms with Crippen molar-refractivity contribution in [1.29, 1.82) is 0 Å². The molecule has 1 aromatic rings. The van der Waals surface area contributed by atoms with E-state index < -0.39 is 11.8 Å². The summed E-state index contributed by atoms with van der Waals surface area (Å²) in [6, 6.07) is 4.69. The molecule has 1 aromatic carbocycles. The van der Waals surface area contributed by atoms with Gasteiger partial charge in [-0.1, -0.05) is 6.07 Å². The van der Waals surface area contributed by atoms with Crippen LogP contribution >= 0.6 is 15.9 Å². The zero-order chi connectivity index (χ0) is 12.1. The first kappa shape index (κ1) is 12.6. The molecule has 0 aromatic heterocycles. The van der Waals surface area contributed by atoms with Crippen LogP contribution < -0.4 is 0 Å². The van der Waals surface area contributed by atoms with Gasteiger partial charge in [0.15, 0.2) is 0 Å². The van der Waals surface area contributed by atoms with Gasteiger partial charge in [0.25, 0.3) is 6.21 Å². The van der Waals surface area contributed by atoms with Crippen molar-refractivity contribution in [2.45, 2.75) is 6.54 Å². The zero-order valence-electron chi connectivity index (χ0n) is 8.48. The summed E-state index contributed by atoms with van der Waals surface area (Å²) in [7, 11) is 1.19. The Labute approximate surface area is 100 Å². The molecule has 6 heteroatoms. The number of benzene rings is 1. The molecule has 0 aliphatic rings. The van der Waals surface area contributed by atoms with Gasteiger partial charge in [0, 0.05) is 0 Å². The molecule has 0 saturated carbocycles. The number of nitrogens with zero attached hydrogens (tertiary/aromatic N) is 1. The lowest BCUT2D eigenvalue weighted by atomic mass is 10.2. The molecule has 4 nitrogen and oxygen atoms in total. The number of hydrogen-bond acceptors (Lipinski definition) is 3. The summed E-state index contributed by atoms with van der Waals surface area (Å²) in [5.74, 6) is -1.18. The Hall–Kier alpha value is -1.43. The maximum absolute atomic E-state index is 13.5. The Morgan fingerprint density at radius 3 is 3.00 bits per heavy atom. The summed E-state index contributed by atoms with van der Waals surface area (Å²) < 4.78 is 18.6. The van der Waals surface area contributed by atoms with Gasteiger partial charge in [-0.3, -0.25) is 5.21 Å². The molecule has 0 saturated heterocycles. The molecule has 16 heavy (non-hydrogen) atoms. The van der Waals surface area contributed by atoms with Crippen molar-refractivity contribution in [1.82, 2.24) is 0 Å². The van der Waals surface area contributed by atoms with Crippen LogP contribution in [0, 0.1) is 5.82 Å². The van der Waals surface area contributed by atoms with Crippen LogP contribution in [0.3, 0.4) is 0 Å². The third-order valence-corrected chi connectivity index (χ3v) is 2.43. The summed E-state index contributed by atoms with van der Waals surface area (Å²) in [5, 5.41) is 9.31. The third kappa shape index (κ3) is 3.30. The van der Waals surface area contributed by atoms with E-state index in [2.05, 4.69) is 20.7 Å². The van der Waals surface area contributed by atoms with Gasteiger partial charge in [-0.25, -0.2) is 9.18 Å². The highest BCUT2D eigenvalue weighted by molar-refractivity contribution is 9.10. The van der Waals surface area contributed by atoms with Crippen molar-refractivity contribution in [2.24, 2.45) is 0 Å². The molecule has 0 aliphatic carbocycles. The van der Waals surface area contributed by atoms with Gasteiger partial charge in [0.2, 0.25) is 6.54 Å². The molecule has 0 unspecified atom stereocenters. The second kappa shape index (κ2) is 5.60. The topological polar surface area (TPSA) is 49.5 Å². The van der Waals surface area contributed by atoms with Crippen LogP contribution in [0.5, 0.6) is 0 Å². The van der Waals surface area contributed by atoms with E-state index in [-0.39, 0.29) is 12.1 Å². The Bertz CT molecular complexity index is 434. The van der Waals surface area contributed by atoms with Crippen LogP contribution in [0.25, 0.3) is 0 Å². The first-order chi connectivity index (χ1) is 7.54. The molecular weight excluding hydrogens is 281 g/mol. The number of carbonyl (C=O) groups excluding carboxylic acids is 1. The fraction of sp³-hybridized carbons (Fsp3) is 0.200. The van der Waals surface area contributed by atoms with E-state index in [1.54, 1.807) is 12.1 Å². The fourth-order valence-corrected chi connectivity index (χ4v) is 1.47. The van der Waals surface area contributed by atoms with Crippen LogP contribution in [0.15, 0.2) is 22.7 Å². The number of hydrogen-bond donors (Lipinski definition) is 1. The van der Waals surface area contributed by atoms with E-state index >= 15 is 0 Å². The second-order valence-electron chi connectivity index (χ2n) is 2.96. The summed E-state index contributed by atoms with van der Waals surface area (Å²) in [4.78, 5) is 10.8. The summed E-state index contributed by atoms with van der Waals surface area (Å²) in [6.45, 7) is -0.139. The average molecular weight is 291 g/mol. The van der Waals surface area contributed by atoms with Gasteiger partial charge in [0.1, 0.15) is 5.82 Å². The third-order valence-electron chi connectivity index (χ3n) is 1.82. The standard InChI is InChI=1S/C10H10BrFNO3/c1-16-9(14)6-13(15)5-7-3-2-4-8(11)10(7)12/h2-4,6,15H,5H2,1H3/q+1/b13-6-. The van der Waals surface area contributed by atoms with Gasteiger partial charge in [0.05, 0.1) is 17.1 Å². The molecule has 1 N–H and O–H groups in total. The van der Waals surface area contributed by atoms with Gasteiger partial charge in [-0.2, -0.15) is 0 Å². The minimum absolute atomic E-state index is 0.139. The summed E-state index contributed by atoms with van der Waals surface area (Å²) in [5.41, 5.74) is 0.261. The number of halogens is 2. The molecule has 0 fully saturated rings.